The van der Waals surface area contributed by atoms with E-state index in [1.54, 1.807) is 32.2 Å². The van der Waals surface area contributed by atoms with Crippen molar-refractivity contribution < 1.29 is 22.1 Å². The van der Waals surface area contributed by atoms with E-state index >= 15 is 0 Å². The second-order valence-corrected chi connectivity index (χ2v) is 8.22. The molecule has 1 aromatic heterocycles. The molecule has 0 saturated heterocycles. The van der Waals surface area contributed by atoms with E-state index in [1.165, 1.54) is 19.2 Å². The second kappa shape index (κ2) is 7.75. The van der Waals surface area contributed by atoms with Gasteiger partial charge in [-0.15, -0.1) is 0 Å². The molecule has 4 nitrogen and oxygen atoms in total. The molecule has 0 radical (unpaired) electrons. The number of benzene rings is 1. The first-order valence-electron chi connectivity index (χ1n) is 7.88. The number of ether oxygens (including phenoxy) is 1. The zero-order chi connectivity index (χ0) is 19.5. The Balaban J connectivity index is 2.52. The van der Waals surface area contributed by atoms with Gasteiger partial charge in [0.15, 0.2) is 0 Å². The zero-order valence-corrected chi connectivity index (χ0v) is 15.5. The van der Waals surface area contributed by atoms with Crippen molar-refractivity contribution in [3.8, 4) is 5.75 Å². The van der Waals surface area contributed by atoms with Gasteiger partial charge in [0, 0.05) is 12.1 Å². The predicted octanol–water partition coefficient (Wildman–Crippen LogP) is 4.03. The Hall–Kier alpha value is -1.93. The van der Waals surface area contributed by atoms with E-state index in [0.717, 1.165) is 12.1 Å². The number of nitrogens with zero attached hydrogens (tertiary/aromatic N) is 1. The molecule has 1 heterocycles. The van der Waals surface area contributed by atoms with Crippen LogP contribution < -0.4 is 9.88 Å². The molecule has 26 heavy (non-hydrogen) atoms. The molecule has 2 atom stereocenters. The van der Waals surface area contributed by atoms with Gasteiger partial charge in [0.2, 0.25) is 0 Å². The summed E-state index contributed by atoms with van der Waals surface area (Å²) in [5.41, 5.74) is 0.455. The van der Waals surface area contributed by atoms with Gasteiger partial charge in [-0.1, -0.05) is 12.1 Å². The van der Waals surface area contributed by atoms with E-state index in [4.69, 9.17) is 9.88 Å². The summed E-state index contributed by atoms with van der Waals surface area (Å²) in [6.07, 6.45) is -2.50. The molecule has 2 rings (SSSR count). The monoisotopic (exact) mass is 386 g/mol. The van der Waals surface area contributed by atoms with Crippen molar-refractivity contribution >= 4 is 11.0 Å². The molecular formula is C18H21F3N2O2S. The maximum Gasteiger partial charge on any atom is 0.416 e. The Kier molecular flexibility index (Phi) is 6.08. The summed E-state index contributed by atoms with van der Waals surface area (Å²) in [7, 11) is -0.123. The fourth-order valence-electron chi connectivity index (χ4n) is 2.69. The average Bonchev–Trinajstić information content (AvgIpc) is 2.59. The van der Waals surface area contributed by atoms with Crippen LogP contribution in [0.15, 0.2) is 42.6 Å². The number of aromatic nitrogens is 1. The van der Waals surface area contributed by atoms with Crippen LogP contribution in [-0.2, 0) is 17.2 Å². The van der Waals surface area contributed by atoms with Crippen molar-refractivity contribution in [1.29, 1.82) is 0 Å². The summed E-state index contributed by atoms with van der Waals surface area (Å²) in [5, 5.41) is 5.60. The number of hydrogen-bond donors (Lipinski definition) is 1. The summed E-state index contributed by atoms with van der Waals surface area (Å²) in [6.45, 7) is 3.49. The quantitative estimate of drug-likeness (QED) is 0.815. The Morgan fingerprint density at radius 2 is 1.81 bits per heavy atom. The lowest BCUT2D eigenvalue weighted by Crippen LogP contribution is -2.34. The Bertz CT molecular complexity index is 777. The number of methoxy groups -OCH3 is 1. The maximum atomic E-state index is 12.9. The number of alkyl halides is 3. The van der Waals surface area contributed by atoms with Crippen molar-refractivity contribution in [1.82, 2.24) is 4.98 Å². The summed E-state index contributed by atoms with van der Waals surface area (Å²) >= 11 is 0. The van der Waals surface area contributed by atoms with Crippen LogP contribution in [0.1, 0.15) is 43.0 Å². The summed E-state index contributed by atoms with van der Waals surface area (Å²) in [6, 6.07) is 8.33. The number of hydrogen-bond acceptors (Lipinski definition) is 3. The van der Waals surface area contributed by atoms with Crippen molar-refractivity contribution in [2.24, 2.45) is 5.14 Å². The largest absolute Gasteiger partial charge is 0.495 e. The minimum Gasteiger partial charge on any atom is -0.495 e. The molecule has 0 fully saturated rings. The fourth-order valence-corrected chi connectivity index (χ4v) is 3.02. The standard InChI is InChI=1S/C18H21F3N2O2S/c1-17(2,26(22)24)11-14(16-15(25-3)5-4-10-23-16)12-6-8-13(9-7-12)18(19,20)21/h4-10,14H,11,22H2,1-3H3/t14-,26?/m0/s1. The normalized spacial score (nSPS) is 14.7. The Labute approximate surface area is 153 Å². The minimum atomic E-state index is -4.41. The molecule has 0 aliphatic rings. The third-order valence-electron chi connectivity index (χ3n) is 4.23. The highest BCUT2D eigenvalue weighted by molar-refractivity contribution is 7.84. The van der Waals surface area contributed by atoms with Gasteiger partial charge < -0.3 is 4.74 Å². The van der Waals surface area contributed by atoms with Crippen molar-refractivity contribution in [3.05, 3.63) is 59.4 Å². The van der Waals surface area contributed by atoms with Gasteiger partial charge in [-0.05, 0) is 50.1 Å². The molecular weight excluding hydrogens is 365 g/mol. The molecule has 2 N–H and O–H groups in total. The number of halogens is 3. The Morgan fingerprint density at radius 1 is 1.19 bits per heavy atom. The summed E-state index contributed by atoms with van der Waals surface area (Å²) in [5.74, 6) is 0.0898. The van der Waals surface area contributed by atoms with Crippen molar-refractivity contribution in [2.45, 2.75) is 37.1 Å². The van der Waals surface area contributed by atoms with E-state index in [9.17, 15) is 17.4 Å². The third kappa shape index (κ3) is 4.62. The first-order valence-corrected chi connectivity index (χ1v) is 9.10. The third-order valence-corrected chi connectivity index (χ3v) is 5.49. The van der Waals surface area contributed by atoms with Crippen molar-refractivity contribution in [3.63, 3.8) is 0 Å². The molecule has 2 aromatic rings. The molecule has 1 unspecified atom stereocenters. The van der Waals surface area contributed by atoms with Crippen LogP contribution in [0.3, 0.4) is 0 Å². The second-order valence-electron chi connectivity index (χ2n) is 6.52. The van der Waals surface area contributed by atoms with Crippen LogP contribution in [0.2, 0.25) is 0 Å². The smallest absolute Gasteiger partial charge is 0.416 e. The number of pyridine rings is 1. The highest BCUT2D eigenvalue weighted by Crippen LogP contribution is 2.38. The van der Waals surface area contributed by atoms with Crippen LogP contribution in [0.4, 0.5) is 13.2 Å². The molecule has 0 amide bonds. The van der Waals surface area contributed by atoms with Gasteiger partial charge in [-0.2, -0.15) is 13.2 Å². The predicted molar refractivity (Wildman–Crippen MR) is 95.1 cm³/mol. The number of nitrogens with two attached hydrogens (primary N) is 1. The van der Waals surface area contributed by atoms with E-state index in [2.05, 4.69) is 4.98 Å². The lowest BCUT2D eigenvalue weighted by Gasteiger charge is -2.28. The van der Waals surface area contributed by atoms with Crippen LogP contribution in [0.5, 0.6) is 5.75 Å². The maximum absolute atomic E-state index is 12.9. The molecule has 0 saturated carbocycles. The molecule has 0 bridgehead atoms. The summed E-state index contributed by atoms with van der Waals surface area (Å²) < 4.78 is 55.0. The number of rotatable bonds is 6. The molecule has 1 aromatic carbocycles. The lowest BCUT2D eigenvalue weighted by atomic mass is 9.86. The highest BCUT2D eigenvalue weighted by Gasteiger charge is 2.33. The van der Waals surface area contributed by atoms with Gasteiger partial charge in [-0.25, -0.2) is 4.21 Å². The molecule has 8 heteroatoms. The zero-order valence-electron chi connectivity index (χ0n) is 14.7. The average molecular weight is 386 g/mol. The highest BCUT2D eigenvalue weighted by atomic mass is 32.2. The van der Waals surface area contributed by atoms with Gasteiger partial charge in [0.1, 0.15) is 5.75 Å². The van der Waals surface area contributed by atoms with E-state index in [1.807, 2.05) is 0 Å². The van der Waals surface area contributed by atoms with Gasteiger partial charge in [0.05, 0.1) is 34.1 Å². The minimum absolute atomic E-state index is 0.328. The van der Waals surface area contributed by atoms with E-state index < -0.39 is 33.4 Å². The molecule has 0 spiro atoms. The molecule has 142 valence electrons. The van der Waals surface area contributed by atoms with Crippen LogP contribution in [0.25, 0.3) is 0 Å². The van der Waals surface area contributed by atoms with Gasteiger partial charge in [0.25, 0.3) is 0 Å². The topological polar surface area (TPSA) is 65.2 Å². The first-order chi connectivity index (χ1) is 12.1. The Morgan fingerprint density at radius 3 is 2.31 bits per heavy atom. The SMILES string of the molecule is COc1cccnc1[C@@H](CC(C)(C)S(N)=O)c1ccc(C(F)(F)F)cc1. The van der Waals surface area contributed by atoms with Crippen LogP contribution in [-0.4, -0.2) is 21.0 Å². The van der Waals surface area contributed by atoms with Crippen LogP contribution in [0, 0.1) is 0 Å². The van der Waals surface area contributed by atoms with Crippen LogP contribution >= 0.6 is 0 Å². The fraction of sp³-hybridized carbons (Fsp3) is 0.389. The lowest BCUT2D eigenvalue weighted by molar-refractivity contribution is -0.137. The van der Waals surface area contributed by atoms with Crippen molar-refractivity contribution in [2.75, 3.05) is 7.11 Å². The first kappa shape index (κ1) is 20.4. The van der Waals surface area contributed by atoms with Gasteiger partial charge >= 0.3 is 6.18 Å². The van der Waals surface area contributed by atoms with Gasteiger partial charge in [-0.3, -0.25) is 10.1 Å². The molecule has 0 aliphatic heterocycles. The summed E-state index contributed by atoms with van der Waals surface area (Å²) in [4.78, 5) is 4.35. The molecule has 0 aliphatic carbocycles. The van der Waals surface area contributed by atoms with E-state index in [0.29, 0.717) is 23.4 Å². The van der Waals surface area contributed by atoms with E-state index in [-0.39, 0.29) is 0 Å².